The third kappa shape index (κ3) is 1.52. The van der Waals surface area contributed by atoms with Gasteiger partial charge in [-0.05, 0) is 36.5 Å². The fourth-order valence-corrected chi connectivity index (χ4v) is 2.13. The first-order chi connectivity index (χ1) is 6.18. The van der Waals surface area contributed by atoms with Crippen molar-refractivity contribution in [1.82, 2.24) is 0 Å². The second kappa shape index (κ2) is 3.20. The highest BCUT2D eigenvalue weighted by Crippen LogP contribution is 2.31. The van der Waals surface area contributed by atoms with Crippen molar-refractivity contribution in [1.29, 1.82) is 0 Å². The van der Waals surface area contributed by atoms with Gasteiger partial charge >= 0.3 is 0 Å². The first kappa shape index (κ1) is 8.85. The summed E-state index contributed by atoms with van der Waals surface area (Å²) in [5.41, 5.74) is 14.7. The van der Waals surface area contributed by atoms with E-state index in [1.54, 1.807) is 0 Å². The molecule has 1 aliphatic rings. The monoisotopic (exact) mass is 196 g/mol. The zero-order valence-corrected chi connectivity index (χ0v) is 8.14. The van der Waals surface area contributed by atoms with Gasteiger partial charge in [0, 0.05) is 6.04 Å². The Bertz CT molecular complexity index is 336. The van der Waals surface area contributed by atoms with Crippen LogP contribution in [0.5, 0.6) is 0 Å². The molecule has 13 heavy (non-hydrogen) atoms. The van der Waals surface area contributed by atoms with Crippen LogP contribution in [-0.4, -0.2) is 6.04 Å². The van der Waals surface area contributed by atoms with Crippen LogP contribution in [0.25, 0.3) is 0 Å². The van der Waals surface area contributed by atoms with Crippen molar-refractivity contribution >= 4 is 17.3 Å². The second-order valence-corrected chi connectivity index (χ2v) is 3.99. The van der Waals surface area contributed by atoms with Gasteiger partial charge in [-0.1, -0.05) is 17.7 Å². The van der Waals surface area contributed by atoms with Gasteiger partial charge in [0.05, 0.1) is 10.7 Å². The van der Waals surface area contributed by atoms with Gasteiger partial charge in [-0.3, -0.25) is 0 Å². The van der Waals surface area contributed by atoms with Crippen LogP contribution in [0.15, 0.2) is 12.1 Å². The molecular formula is C10H13ClN2. The van der Waals surface area contributed by atoms with Crippen molar-refractivity contribution in [3.8, 4) is 0 Å². The lowest BCUT2D eigenvalue weighted by Crippen LogP contribution is -2.28. The summed E-state index contributed by atoms with van der Waals surface area (Å²) in [6, 6.07) is 4.18. The van der Waals surface area contributed by atoms with Crippen molar-refractivity contribution < 1.29 is 0 Å². The van der Waals surface area contributed by atoms with E-state index in [0.717, 1.165) is 24.3 Å². The highest BCUT2D eigenvalue weighted by molar-refractivity contribution is 6.34. The lowest BCUT2D eigenvalue weighted by molar-refractivity contribution is 0.577. The number of nitrogen functional groups attached to an aromatic ring is 1. The molecule has 1 aliphatic carbocycles. The minimum Gasteiger partial charge on any atom is -0.398 e. The van der Waals surface area contributed by atoms with Crippen LogP contribution in [0.3, 0.4) is 0 Å². The van der Waals surface area contributed by atoms with E-state index < -0.39 is 0 Å². The molecule has 0 fully saturated rings. The average Bonchev–Trinajstić information content (AvgIpc) is 2.12. The molecule has 2 rings (SSSR count). The standard InChI is InChI=1S/C10H13ClN2/c11-10-8-3-2-7(12)5-6(8)1-4-9(10)13/h1,4,7H,2-3,5,12-13H2/t7-/m1/s1. The zero-order chi connectivity index (χ0) is 9.42. The Hall–Kier alpha value is -0.730. The second-order valence-electron chi connectivity index (χ2n) is 3.61. The van der Waals surface area contributed by atoms with E-state index in [0.29, 0.717) is 5.69 Å². The van der Waals surface area contributed by atoms with E-state index in [-0.39, 0.29) is 6.04 Å². The van der Waals surface area contributed by atoms with Crippen molar-refractivity contribution in [2.45, 2.75) is 25.3 Å². The Morgan fingerprint density at radius 1 is 1.38 bits per heavy atom. The van der Waals surface area contributed by atoms with Gasteiger partial charge in [0.15, 0.2) is 0 Å². The number of hydrogen-bond acceptors (Lipinski definition) is 2. The maximum absolute atomic E-state index is 6.09. The molecule has 3 heteroatoms. The minimum atomic E-state index is 0.284. The number of anilines is 1. The maximum atomic E-state index is 6.09. The number of benzene rings is 1. The SMILES string of the molecule is Nc1ccc2c(c1Cl)CC[C@@H](N)C2. The summed E-state index contributed by atoms with van der Waals surface area (Å²) in [5, 5.41) is 0.726. The van der Waals surface area contributed by atoms with E-state index in [2.05, 4.69) is 0 Å². The Kier molecular flexibility index (Phi) is 2.18. The number of hydrogen-bond donors (Lipinski definition) is 2. The first-order valence-corrected chi connectivity index (χ1v) is 4.87. The van der Waals surface area contributed by atoms with Gasteiger partial charge in [-0.2, -0.15) is 0 Å². The largest absolute Gasteiger partial charge is 0.398 e. The van der Waals surface area contributed by atoms with Gasteiger partial charge in [-0.25, -0.2) is 0 Å². The summed E-state index contributed by atoms with van der Waals surface area (Å²) in [4.78, 5) is 0. The third-order valence-electron chi connectivity index (χ3n) is 2.62. The molecular weight excluding hydrogens is 184 g/mol. The van der Waals surface area contributed by atoms with Crippen molar-refractivity contribution in [3.05, 3.63) is 28.3 Å². The molecule has 0 saturated heterocycles. The summed E-state index contributed by atoms with van der Waals surface area (Å²) < 4.78 is 0. The molecule has 1 aromatic carbocycles. The average molecular weight is 197 g/mol. The highest BCUT2D eigenvalue weighted by Gasteiger charge is 2.18. The minimum absolute atomic E-state index is 0.284. The number of halogens is 1. The van der Waals surface area contributed by atoms with Crippen LogP contribution in [0, 0.1) is 0 Å². The van der Waals surface area contributed by atoms with Gasteiger partial charge in [0.1, 0.15) is 0 Å². The molecule has 0 amide bonds. The summed E-state index contributed by atoms with van der Waals surface area (Å²) in [6.07, 6.45) is 2.89. The van der Waals surface area contributed by atoms with Crippen molar-refractivity contribution in [2.75, 3.05) is 5.73 Å². The molecule has 0 unspecified atom stereocenters. The van der Waals surface area contributed by atoms with Crippen LogP contribution >= 0.6 is 11.6 Å². The van der Waals surface area contributed by atoms with Crippen LogP contribution in [0.4, 0.5) is 5.69 Å². The molecule has 0 aromatic heterocycles. The van der Waals surface area contributed by atoms with E-state index in [1.165, 1.54) is 11.1 Å². The Morgan fingerprint density at radius 3 is 2.92 bits per heavy atom. The van der Waals surface area contributed by atoms with Crippen LogP contribution in [-0.2, 0) is 12.8 Å². The van der Waals surface area contributed by atoms with Gasteiger partial charge < -0.3 is 11.5 Å². The molecule has 70 valence electrons. The smallest absolute Gasteiger partial charge is 0.0670 e. The van der Waals surface area contributed by atoms with Gasteiger partial charge in [-0.15, -0.1) is 0 Å². The molecule has 1 atom stereocenters. The Morgan fingerprint density at radius 2 is 2.15 bits per heavy atom. The van der Waals surface area contributed by atoms with E-state index in [1.807, 2.05) is 12.1 Å². The fraction of sp³-hybridized carbons (Fsp3) is 0.400. The number of fused-ring (bicyclic) bond motifs is 1. The molecule has 4 N–H and O–H groups in total. The van der Waals surface area contributed by atoms with Crippen molar-refractivity contribution in [3.63, 3.8) is 0 Å². The number of rotatable bonds is 0. The van der Waals surface area contributed by atoms with Crippen LogP contribution < -0.4 is 11.5 Å². The number of nitrogens with two attached hydrogens (primary N) is 2. The predicted molar refractivity (Wildman–Crippen MR) is 55.9 cm³/mol. The van der Waals surface area contributed by atoms with Crippen LogP contribution in [0.1, 0.15) is 17.5 Å². The summed E-state index contributed by atoms with van der Waals surface area (Å²) in [5.74, 6) is 0. The lowest BCUT2D eigenvalue weighted by Gasteiger charge is -2.22. The molecule has 0 heterocycles. The lowest BCUT2D eigenvalue weighted by atomic mass is 9.88. The van der Waals surface area contributed by atoms with Crippen molar-refractivity contribution in [2.24, 2.45) is 5.73 Å². The molecule has 1 aromatic rings. The fourth-order valence-electron chi connectivity index (χ4n) is 1.86. The summed E-state index contributed by atoms with van der Waals surface area (Å²) >= 11 is 6.09. The molecule has 0 aliphatic heterocycles. The normalized spacial score (nSPS) is 21.2. The Balaban J connectivity index is 2.47. The predicted octanol–water partition coefficient (Wildman–Crippen LogP) is 1.74. The topological polar surface area (TPSA) is 52.0 Å². The summed E-state index contributed by atoms with van der Waals surface area (Å²) in [7, 11) is 0. The summed E-state index contributed by atoms with van der Waals surface area (Å²) in [6.45, 7) is 0. The molecule has 0 spiro atoms. The zero-order valence-electron chi connectivity index (χ0n) is 7.39. The molecule has 0 radical (unpaired) electrons. The van der Waals surface area contributed by atoms with Crippen LogP contribution in [0.2, 0.25) is 5.02 Å². The van der Waals surface area contributed by atoms with Gasteiger partial charge in [0.25, 0.3) is 0 Å². The quantitative estimate of drug-likeness (QED) is 0.621. The molecule has 0 bridgehead atoms. The van der Waals surface area contributed by atoms with E-state index >= 15 is 0 Å². The van der Waals surface area contributed by atoms with E-state index in [9.17, 15) is 0 Å². The Labute approximate surface area is 82.9 Å². The maximum Gasteiger partial charge on any atom is 0.0670 e. The van der Waals surface area contributed by atoms with E-state index in [4.69, 9.17) is 23.1 Å². The molecule has 0 saturated carbocycles. The highest BCUT2D eigenvalue weighted by atomic mass is 35.5. The third-order valence-corrected chi connectivity index (χ3v) is 3.06. The first-order valence-electron chi connectivity index (χ1n) is 4.50. The molecule has 2 nitrogen and oxygen atoms in total. The van der Waals surface area contributed by atoms with Gasteiger partial charge in [0.2, 0.25) is 0 Å².